The molecule has 0 aromatic heterocycles. The van der Waals surface area contributed by atoms with E-state index in [9.17, 15) is 0 Å². The molecule has 1 aromatic carbocycles. The molecule has 1 aliphatic rings. The molecular weight excluding hydrogens is 292 g/mol. The van der Waals surface area contributed by atoms with Gasteiger partial charge in [0, 0.05) is 24.5 Å². The van der Waals surface area contributed by atoms with Crippen molar-refractivity contribution in [2.45, 2.75) is 32.2 Å². The summed E-state index contributed by atoms with van der Waals surface area (Å²) in [6, 6.07) is 7.93. The third kappa shape index (κ3) is 4.61. The number of hydrogen-bond donors (Lipinski definition) is 0. The van der Waals surface area contributed by atoms with E-state index in [1.165, 1.54) is 0 Å². The molecule has 126 valence electrons. The minimum Gasteiger partial charge on any atom is -0.492 e. The average Bonchev–Trinajstić information content (AvgIpc) is 2.61. The molecule has 23 heavy (non-hydrogen) atoms. The lowest BCUT2D eigenvalue weighted by atomic mass is 9.86. The first-order chi connectivity index (χ1) is 11.2. The van der Waals surface area contributed by atoms with E-state index in [1.807, 2.05) is 38.1 Å². The maximum absolute atomic E-state index is 8.84. The van der Waals surface area contributed by atoms with Gasteiger partial charge in [0.25, 0.3) is 0 Å². The van der Waals surface area contributed by atoms with Crippen LogP contribution in [0.5, 0.6) is 5.75 Å². The molecule has 6 heteroatoms. The Labute approximate surface area is 138 Å². The van der Waals surface area contributed by atoms with E-state index in [0.717, 1.165) is 57.0 Å². The summed E-state index contributed by atoms with van der Waals surface area (Å²) in [6.07, 6.45) is 1.57. The number of ether oxygens (including phenoxy) is 2. The molecule has 1 saturated heterocycles. The summed E-state index contributed by atoms with van der Waals surface area (Å²) < 4.78 is 11.2. The Morgan fingerprint density at radius 3 is 2.43 bits per heavy atom. The quantitative estimate of drug-likeness (QED) is 0.416. The topological polar surface area (TPSA) is 70.5 Å². The maximum Gasteiger partial charge on any atom is 0.119 e. The summed E-state index contributed by atoms with van der Waals surface area (Å²) in [4.78, 5) is 5.37. The van der Waals surface area contributed by atoms with Crippen molar-refractivity contribution in [1.82, 2.24) is 4.90 Å². The molecule has 0 bridgehead atoms. The molecular formula is C17H26N4O2. The number of benzene rings is 1. The SMILES string of the molecule is CCC(CC)(N=[N+]=[N-])c1ccc(OCCN2CCOCC2)cc1. The maximum atomic E-state index is 8.84. The standard InChI is InChI=1S/C17H26N4O2/c1-3-17(4-2,19-20-18)15-5-7-16(8-6-15)23-14-11-21-9-12-22-13-10-21/h5-8H,3-4,9-14H2,1-2H3. The molecule has 0 unspecified atom stereocenters. The normalized spacial score (nSPS) is 15.9. The molecule has 0 radical (unpaired) electrons. The van der Waals surface area contributed by atoms with Crippen molar-refractivity contribution in [3.8, 4) is 5.75 Å². The zero-order chi connectivity index (χ0) is 16.5. The smallest absolute Gasteiger partial charge is 0.119 e. The van der Waals surface area contributed by atoms with Gasteiger partial charge in [-0.3, -0.25) is 4.90 Å². The van der Waals surface area contributed by atoms with Crippen LogP contribution in [0, 0.1) is 0 Å². The summed E-state index contributed by atoms with van der Waals surface area (Å²) in [5.74, 6) is 0.851. The van der Waals surface area contributed by atoms with Gasteiger partial charge in [0.05, 0.1) is 18.8 Å². The van der Waals surface area contributed by atoms with Crippen LogP contribution >= 0.6 is 0 Å². The van der Waals surface area contributed by atoms with Gasteiger partial charge in [-0.05, 0) is 36.1 Å². The molecule has 0 aliphatic carbocycles. The summed E-state index contributed by atoms with van der Waals surface area (Å²) in [7, 11) is 0. The molecule has 1 aliphatic heterocycles. The fourth-order valence-corrected chi connectivity index (χ4v) is 2.92. The Morgan fingerprint density at radius 2 is 1.87 bits per heavy atom. The van der Waals surface area contributed by atoms with Gasteiger partial charge in [-0.25, -0.2) is 0 Å². The Morgan fingerprint density at radius 1 is 1.22 bits per heavy atom. The van der Waals surface area contributed by atoms with Gasteiger partial charge >= 0.3 is 0 Å². The molecule has 0 saturated carbocycles. The Hall–Kier alpha value is -1.75. The van der Waals surface area contributed by atoms with E-state index in [2.05, 4.69) is 14.9 Å². The Balaban J connectivity index is 1.92. The van der Waals surface area contributed by atoms with Crippen LogP contribution in [-0.4, -0.2) is 44.4 Å². The van der Waals surface area contributed by atoms with Gasteiger partial charge in [-0.2, -0.15) is 0 Å². The summed E-state index contributed by atoms with van der Waals surface area (Å²) in [6.45, 7) is 9.25. The van der Waals surface area contributed by atoms with Crippen molar-refractivity contribution >= 4 is 0 Å². The summed E-state index contributed by atoms with van der Waals surface area (Å²) in [5, 5.41) is 4.04. The molecule has 0 atom stereocenters. The van der Waals surface area contributed by atoms with E-state index in [4.69, 9.17) is 15.0 Å². The number of rotatable bonds is 8. The lowest BCUT2D eigenvalue weighted by Crippen LogP contribution is -2.38. The molecule has 0 amide bonds. The monoisotopic (exact) mass is 318 g/mol. The minimum absolute atomic E-state index is 0.457. The molecule has 2 rings (SSSR count). The van der Waals surface area contributed by atoms with Crippen LogP contribution in [0.2, 0.25) is 0 Å². The first-order valence-electron chi connectivity index (χ1n) is 8.34. The van der Waals surface area contributed by atoms with Crippen LogP contribution in [0.15, 0.2) is 29.4 Å². The van der Waals surface area contributed by atoms with Crippen LogP contribution in [0.25, 0.3) is 10.4 Å². The highest BCUT2D eigenvalue weighted by Gasteiger charge is 2.26. The lowest BCUT2D eigenvalue weighted by Gasteiger charge is -2.27. The lowest BCUT2D eigenvalue weighted by molar-refractivity contribution is 0.0322. The first kappa shape index (κ1) is 17.6. The first-order valence-corrected chi connectivity index (χ1v) is 8.34. The third-order valence-electron chi connectivity index (χ3n) is 4.58. The van der Waals surface area contributed by atoms with Crippen LogP contribution < -0.4 is 4.74 Å². The molecule has 1 heterocycles. The van der Waals surface area contributed by atoms with Crippen molar-refractivity contribution in [3.63, 3.8) is 0 Å². The largest absolute Gasteiger partial charge is 0.492 e. The molecule has 0 spiro atoms. The number of nitrogens with zero attached hydrogens (tertiary/aromatic N) is 4. The number of azide groups is 1. The second kappa shape index (κ2) is 8.77. The molecule has 0 N–H and O–H groups in total. The van der Waals surface area contributed by atoms with Crippen molar-refractivity contribution in [3.05, 3.63) is 40.3 Å². The van der Waals surface area contributed by atoms with E-state index < -0.39 is 5.54 Å². The van der Waals surface area contributed by atoms with Gasteiger partial charge in [0.2, 0.25) is 0 Å². The van der Waals surface area contributed by atoms with Crippen molar-refractivity contribution < 1.29 is 9.47 Å². The highest BCUT2D eigenvalue weighted by Crippen LogP contribution is 2.34. The highest BCUT2D eigenvalue weighted by atomic mass is 16.5. The van der Waals surface area contributed by atoms with Gasteiger partial charge in [-0.15, -0.1) is 0 Å². The van der Waals surface area contributed by atoms with Crippen molar-refractivity contribution in [2.75, 3.05) is 39.5 Å². The fraction of sp³-hybridized carbons (Fsp3) is 0.647. The van der Waals surface area contributed by atoms with Crippen molar-refractivity contribution in [2.24, 2.45) is 5.11 Å². The zero-order valence-corrected chi connectivity index (χ0v) is 14.1. The van der Waals surface area contributed by atoms with Crippen molar-refractivity contribution in [1.29, 1.82) is 0 Å². The predicted octanol–water partition coefficient (Wildman–Crippen LogP) is 3.72. The van der Waals surface area contributed by atoms with Gasteiger partial charge in [-0.1, -0.05) is 31.1 Å². The third-order valence-corrected chi connectivity index (χ3v) is 4.58. The van der Waals surface area contributed by atoms with E-state index in [-0.39, 0.29) is 0 Å². The minimum atomic E-state index is -0.457. The summed E-state index contributed by atoms with van der Waals surface area (Å²) >= 11 is 0. The second-order valence-corrected chi connectivity index (χ2v) is 5.75. The van der Waals surface area contributed by atoms with Gasteiger partial charge in [0.1, 0.15) is 12.4 Å². The van der Waals surface area contributed by atoms with Crippen LogP contribution in [0.3, 0.4) is 0 Å². The average molecular weight is 318 g/mol. The second-order valence-electron chi connectivity index (χ2n) is 5.75. The van der Waals surface area contributed by atoms with Gasteiger partial charge < -0.3 is 9.47 Å². The van der Waals surface area contributed by atoms with E-state index >= 15 is 0 Å². The molecule has 1 fully saturated rings. The van der Waals surface area contributed by atoms with Crippen LogP contribution in [-0.2, 0) is 10.3 Å². The van der Waals surface area contributed by atoms with E-state index in [1.54, 1.807) is 0 Å². The predicted molar refractivity (Wildman–Crippen MR) is 90.6 cm³/mol. The van der Waals surface area contributed by atoms with Gasteiger partial charge in [0.15, 0.2) is 0 Å². The molecule has 6 nitrogen and oxygen atoms in total. The highest BCUT2D eigenvalue weighted by molar-refractivity contribution is 5.32. The van der Waals surface area contributed by atoms with E-state index in [0.29, 0.717) is 6.61 Å². The Kier molecular flexibility index (Phi) is 6.71. The number of morpholine rings is 1. The van der Waals surface area contributed by atoms with Crippen LogP contribution in [0.1, 0.15) is 32.3 Å². The summed E-state index contributed by atoms with van der Waals surface area (Å²) in [5.41, 5.74) is 9.43. The number of hydrogen-bond acceptors (Lipinski definition) is 4. The fourth-order valence-electron chi connectivity index (χ4n) is 2.92. The zero-order valence-electron chi connectivity index (χ0n) is 14.1. The molecule has 1 aromatic rings. The Bertz CT molecular complexity index is 516. The van der Waals surface area contributed by atoms with Crippen LogP contribution in [0.4, 0.5) is 0 Å².